The monoisotopic (exact) mass is 228 g/mol. The average Bonchev–Trinajstić information content (AvgIpc) is 2.83. The van der Waals surface area contributed by atoms with Crippen LogP contribution in [-0.2, 0) is 9.47 Å². The molecule has 2 fully saturated rings. The van der Waals surface area contributed by atoms with Crippen molar-refractivity contribution < 1.29 is 14.6 Å². The Bertz CT molecular complexity index is 184. The number of hydrogen-bond donors (Lipinski definition) is 1. The Morgan fingerprint density at radius 1 is 1.12 bits per heavy atom. The van der Waals surface area contributed by atoms with E-state index < -0.39 is 0 Å². The lowest BCUT2D eigenvalue weighted by Gasteiger charge is -2.26. The standard InChI is InChI=1S/C13H24O3/c14-13(11-5-2-1-3-6-11)10-15-9-12-7-4-8-16-12/h11-14H,1-10H2. The highest BCUT2D eigenvalue weighted by Gasteiger charge is 2.22. The van der Waals surface area contributed by atoms with Gasteiger partial charge in [0.1, 0.15) is 0 Å². The summed E-state index contributed by atoms with van der Waals surface area (Å²) in [6, 6.07) is 0. The second kappa shape index (κ2) is 6.58. The molecule has 1 N–H and O–H groups in total. The van der Waals surface area contributed by atoms with Gasteiger partial charge in [0, 0.05) is 6.61 Å². The summed E-state index contributed by atoms with van der Waals surface area (Å²) in [7, 11) is 0. The third-order valence-corrected chi connectivity index (χ3v) is 3.81. The van der Waals surface area contributed by atoms with Crippen LogP contribution in [0.1, 0.15) is 44.9 Å². The molecular formula is C13H24O3. The van der Waals surface area contributed by atoms with Gasteiger partial charge in [0.2, 0.25) is 0 Å². The van der Waals surface area contributed by atoms with Gasteiger partial charge in [0.15, 0.2) is 0 Å². The molecule has 0 aromatic rings. The molecule has 0 spiro atoms. The topological polar surface area (TPSA) is 38.7 Å². The molecule has 2 unspecified atom stereocenters. The normalized spacial score (nSPS) is 29.4. The SMILES string of the molecule is OC(COCC1CCCO1)C1CCCCC1. The summed E-state index contributed by atoms with van der Waals surface area (Å²) in [6.45, 7) is 2.02. The van der Waals surface area contributed by atoms with Crippen LogP contribution >= 0.6 is 0 Å². The summed E-state index contributed by atoms with van der Waals surface area (Å²) in [6.07, 6.45) is 8.49. The quantitative estimate of drug-likeness (QED) is 0.783. The molecular weight excluding hydrogens is 204 g/mol. The lowest BCUT2D eigenvalue weighted by atomic mass is 9.85. The zero-order chi connectivity index (χ0) is 11.2. The van der Waals surface area contributed by atoms with Crippen molar-refractivity contribution in [3.8, 4) is 0 Å². The largest absolute Gasteiger partial charge is 0.390 e. The van der Waals surface area contributed by atoms with Crippen LogP contribution in [0.5, 0.6) is 0 Å². The summed E-state index contributed by atoms with van der Waals surface area (Å²) in [5.41, 5.74) is 0. The fourth-order valence-corrected chi connectivity index (χ4v) is 2.75. The van der Waals surface area contributed by atoms with Gasteiger partial charge < -0.3 is 14.6 Å². The van der Waals surface area contributed by atoms with Crippen LogP contribution in [0.25, 0.3) is 0 Å². The van der Waals surface area contributed by atoms with E-state index in [-0.39, 0.29) is 12.2 Å². The highest BCUT2D eigenvalue weighted by atomic mass is 16.5. The van der Waals surface area contributed by atoms with Crippen LogP contribution < -0.4 is 0 Å². The zero-order valence-electron chi connectivity index (χ0n) is 10.1. The Labute approximate surface area is 98.1 Å². The van der Waals surface area contributed by atoms with Crippen LogP contribution in [-0.4, -0.2) is 37.1 Å². The summed E-state index contributed by atoms with van der Waals surface area (Å²) < 4.78 is 11.0. The maximum atomic E-state index is 9.98. The molecule has 2 aliphatic rings. The number of rotatable bonds is 5. The van der Waals surface area contributed by atoms with Crippen LogP contribution in [0.3, 0.4) is 0 Å². The first-order valence-electron chi connectivity index (χ1n) is 6.73. The van der Waals surface area contributed by atoms with Crippen molar-refractivity contribution in [1.82, 2.24) is 0 Å². The van der Waals surface area contributed by atoms with E-state index in [2.05, 4.69) is 0 Å². The molecule has 1 aliphatic carbocycles. The fourth-order valence-electron chi connectivity index (χ4n) is 2.75. The van der Waals surface area contributed by atoms with Gasteiger partial charge in [-0.15, -0.1) is 0 Å². The molecule has 1 saturated carbocycles. The molecule has 94 valence electrons. The van der Waals surface area contributed by atoms with E-state index in [1.807, 2.05) is 0 Å². The van der Waals surface area contributed by atoms with E-state index >= 15 is 0 Å². The first-order valence-corrected chi connectivity index (χ1v) is 6.73. The van der Waals surface area contributed by atoms with Crippen molar-refractivity contribution in [2.24, 2.45) is 5.92 Å². The van der Waals surface area contributed by atoms with E-state index in [0.717, 1.165) is 19.4 Å². The van der Waals surface area contributed by atoms with E-state index in [1.54, 1.807) is 0 Å². The molecule has 0 aromatic heterocycles. The number of aliphatic hydroxyl groups is 1. The van der Waals surface area contributed by atoms with Crippen LogP contribution in [0, 0.1) is 5.92 Å². The van der Waals surface area contributed by atoms with Gasteiger partial charge in [-0.05, 0) is 31.6 Å². The zero-order valence-corrected chi connectivity index (χ0v) is 10.1. The predicted octanol–water partition coefficient (Wildman–Crippen LogP) is 2.12. The predicted molar refractivity (Wildman–Crippen MR) is 62.4 cm³/mol. The maximum Gasteiger partial charge on any atom is 0.0809 e. The molecule has 2 atom stereocenters. The van der Waals surface area contributed by atoms with Crippen molar-refractivity contribution in [3.05, 3.63) is 0 Å². The molecule has 2 rings (SSSR count). The highest BCUT2D eigenvalue weighted by molar-refractivity contribution is 4.73. The molecule has 0 bridgehead atoms. The van der Waals surface area contributed by atoms with E-state index in [0.29, 0.717) is 19.1 Å². The summed E-state index contributed by atoms with van der Waals surface area (Å²) in [5.74, 6) is 0.471. The average molecular weight is 228 g/mol. The summed E-state index contributed by atoms with van der Waals surface area (Å²) in [4.78, 5) is 0. The Balaban J connectivity index is 1.57. The van der Waals surface area contributed by atoms with E-state index in [1.165, 1.54) is 32.1 Å². The molecule has 1 aliphatic heterocycles. The van der Waals surface area contributed by atoms with Crippen molar-refractivity contribution >= 4 is 0 Å². The first kappa shape index (κ1) is 12.3. The highest BCUT2D eigenvalue weighted by Crippen LogP contribution is 2.26. The lowest BCUT2D eigenvalue weighted by molar-refractivity contribution is -0.0380. The smallest absolute Gasteiger partial charge is 0.0809 e. The molecule has 16 heavy (non-hydrogen) atoms. The van der Waals surface area contributed by atoms with Gasteiger partial charge in [-0.1, -0.05) is 19.3 Å². The second-order valence-electron chi connectivity index (χ2n) is 5.14. The minimum atomic E-state index is -0.262. The Morgan fingerprint density at radius 3 is 2.62 bits per heavy atom. The molecule has 1 saturated heterocycles. The van der Waals surface area contributed by atoms with Crippen molar-refractivity contribution in [3.63, 3.8) is 0 Å². The third kappa shape index (κ3) is 3.72. The van der Waals surface area contributed by atoms with Gasteiger partial charge >= 0.3 is 0 Å². The van der Waals surface area contributed by atoms with E-state index in [4.69, 9.17) is 9.47 Å². The van der Waals surface area contributed by atoms with Gasteiger partial charge in [0.25, 0.3) is 0 Å². The molecule has 0 aromatic carbocycles. The second-order valence-corrected chi connectivity index (χ2v) is 5.14. The van der Waals surface area contributed by atoms with Crippen LogP contribution in [0.4, 0.5) is 0 Å². The van der Waals surface area contributed by atoms with Gasteiger partial charge in [-0.2, -0.15) is 0 Å². The molecule has 0 radical (unpaired) electrons. The Hall–Kier alpha value is -0.120. The van der Waals surface area contributed by atoms with Gasteiger partial charge in [0.05, 0.1) is 25.4 Å². The molecule has 1 heterocycles. The Kier molecular flexibility index (Phi) is 5.07. The molecule has 3 heteroatoms. The van der Waals surface area contributed by atoms with Crippen LogP contribution in [0.15, 0.2) is 0 Å². The third-order valence-electron chi connectivity index (χ3n) is 3.81. The maximum absolute atomic E-state index is 9.98. The van der Waals surface area contributed by atoms with Crippen molar-refractivity contribution in [1.29, 1.82) is 0 Å². The number of hydrogen-bond acceptors (Lipinski definition) is 3. The van der Waals surface area contributed by atoms with Gasteiger partial charge in [-0.3, -0.25) is 0 Å². The van der Waals surface area contributed by atoms with Gasteiger partial charge in [-0.25, -0.2) is 0 Å². The molecule has 0 amide bonds. The fraction of sp³-hybridized carbons (Fsp3) is 1.00. The lowest BCUT2D eigenvalue weighted by Crippen LogP contribution is -2.29. The first-order chi connectivity index (χ1) is 7.86. The van der Waals surface area contributed by atoms with Crippen molar-refractivity contribution in [2.75, 3.05) is 19.8 Å². The number of aliphatic hydroxyl groups excluding tert-OH is 1. The minimum Gasteiger partial charge on any atom is -0.390 e. The van der Waals surface area contributed by atoms with Crippen molar-refractivity contribution in [2.45, 2.75) is 57.2 Å². The molecule has 3 nitrogen and oxygen atoms in total. The Morgan fingerprint density at radius 2 is 1.94 bits per heavy atom. The minimum absolute atomic E-state index is 0.262. The van der Waals surface area contributed by atoms with E-state index in [9.17, 15) is 5.11 Å². The summed E-state index contributed by atoms with van der Waals surface area (Å²) >= 11 is 0. The number of ether oxygens (including phenoxy) is 2. The van der Waals surface area contributed by atoms with Crippen LogP contribution in [0.2, 0.25) is 0 Å². The summed E-state index contributed by atoms with van der Waals surface area (Å²) in [5, 5.41) is 9.98.